The predicted octanol–water partition coefficient (Wildman–Crippen LogP) is 2.16. The summed E-state index contributed by atoms with van der Waals surface area (Å²) in [6, 6.07) is 1.80. The lowest BCUT2D eigenvalue weighted by Gasteiger charge is -2.50. The minimum Gasteiger partial charge on any atom is -0.361 e. The fourth-order valence-electron chi connectivity index (χ4n) is 3.93. The molecule has 0 atom stereocenters. The number of aromatic nitrogens is 3. The van der Waals surface area contributed by atoms with Gasteiger partial charge in [0.05, 0.1) is 18.2 Å². The molecule has 4 rings (SSSR count). The quantitative estimate of drug-likeness (QED) is 0.922. The molecule has 0 aromatic carbocycles. The van der Waals surface area contributed by atoms with Crippen LogP contribution in [0, 0.1) is 5.41 Å². The largest absolute Gasteiger partial charge is 0.361 e. The second-order valence-corrected chi connectivity index (χ2v) is 6.39. The first-order valence-electron chi connectivity index (χ1n) is 7.19. The third-order valence-corrected chi connectivity index (χ3v) is 4.76. The molecule has 0 bridgehead atoms. The van der Waals surface area contributed by atoms with Gasteiger partial charge in [-0.15, -0.1) is 0 Å². The molecule has 2 heterocycles. The molecule has 2 saturated carbocycles. The lowest BCUT2D eigenvalue weighted by atomic mass is 9.56. The third-order valence-electron chi connectivity index (χ3n) is 4.76. The smallest absolute Gasteiger partial charge is 0.246 e. The van der Waals surface area contributed by atoms with Gasteiger partial charge in [-0.1, -0.05) is 23.2 Å². The van der Waals surface area contributed by atoms with Crippen LogP contribution in [0.15, 0.2) is 21.3 Å². The highest BCUT2D eigenvalue weighted by atomic mass is 16.5. The Labute approximate surface area is 116 Å². The average molecular weight is 274 g/mol. The van der Waals surface area contributed by atoms with Crippen LogP contribution in [0.1, 0.15) is 56.0 Å². The summed E-state index contributed by atoms with van der Waals surface area (Å²) in [4.78, 5) is 4.44. The Bertz CT molecular complexity index is 590. The number of nitrogens with two attached hydrogens (primary N) is 1. The van der Waals surface area contributed by atoms with Crippen molar-refractivity contribution in [3.8, 4) is 0 Å². The highest BCUT2D eigenvalue weighted by Crippen LogP contribution is 2.60. The molecule has 2 aliphatic carbocycles. The summed E-state index contributed by atoms with van der Waals surface area (Å²) >= 11 is 0. The molecule has 20 heavy (non-hydrogen) atoms. The minimum absolute atomic E-state index is 0.420. The molecular weight excluding hydrogens is 256 g/mol. The number of hydrogen-bond acceptors (Lipinski definition) is 6. The van der Waals surface area contributed by atoms with Crippen LogP contribution in [0.3, 0.4) is 0 Å². The fraction of sp³-hybridized carbons (Fsp3) is 0.643. The van der Waals surface area contributed by atoms with Crippen molar-refractivity contribution in [1.82, 2.24) is 15.3 Å². The molecule has 106 valence electrons. The van der Waals surface area contributed by atoms with Crippen molar-refractivity contribution in [2.45, 2.75) is 50.5 Å². The van der Waals surface area contributed by atoms with Crippen molar-refractivity contribution in [2.75, 3.05) is 0 Å². The van der Waals surface area contributed by atoms with E-state index in [4.69, 9.17) is 14.8 Å². The molecular formula is C14H18N4O2. The molecule has 0 radical (unpaired) electrons. The van der Waals surface area contributed by atoms with Crippen LogP contribution in [-0.4, -0.2) is 15.3 Å². The van der Waals surface area contributed by atoms with E-state index in [-0.39, 0.29) is 0 Å². The maximum Gasteiger partial charge on any atom is 0.246 e. The van der Waals surface area contributed by atoms with E-state index in [2.05, 4.69) is 15.3 Å². The van der Waals surface area contributed by atoms with Crippen LogP contribution in [-0.2, 0) is 12.0 Å². The van der Waals surface area contributed by atoms with E-state index in [1.54, 1.807) is 12.3 Å². The molecule has 6 nitrogen and oxygen atoms in total. The van der Waals surface area contributed by atoms with Crippen molar-refractivity contribution < 1.29 is 9.05 Å². The summed E-state index contributed by atoms with van der Waals surface area (Å²) in [5, 5.41) is 7.66. The Hall–Kier alpha value is -1.69. The van der Waals surface area contributed by atoms with Gasteiger partial charge in [0.25, 0.3) is 0 Å². The molecule has 0 amide bonds. The minimum atomic E-state index is -0.420. The van der Waals surface area contributed by atoms with E-state index in [9.17, 15) is 0 Å². The number of hydrogen-bond donors (Lipinski definition) is 1. The van der Waals surface area contributed by atoms with Gasteiger partial charge in [-0.25, -0.2) is 0 Å². The van der Waals surface area contributed by atoms with Gasteiger partial charge < -0.3 is 14.8 Å². The summed E-state index contributed by atoms with van der Waals surface area (Å²) in [5.74, 6) is 1.91. The van der Waals surface area contributed by atoms with E-state index >= 15 is 0 Å². The van der Waals surface area contributed by atoms with Crippen LogP contribution in [0.25, 0.3) is 0 Å². The monoisotopic (exact) mass is 274 g/mol. The summed E-state index contributed by atoms with van der Waals surface area (Å²) in [5.41, 5.74) is 6.47. The fourth-order valence-corrected chi connectivity index (χ4v) is 3.93. The van der Waals surface area contributed by atoms with E-state index in [0.29, 0.717) is 23.6 Å². The normalized spacial score (nSPS) is 23.1. The Kier molecular flexibility index (Phi) is 2.51. The van der Waals surface area contributed by atoms with E-state index in [1.807, 2.05) is 0 Å². The van der Waals surface area contributed by atoms with Gasteiger partial charge >= 0.3 is 0 Å². The zero-order valence-electron chi connectivity index (χ0n) is 11.3. The molecule has 0 aliphatic heterocycles. The number of nitrogens with zero attached hydrogens (tertiary/aromatic N) is 3. The Balaban J connectivity index is 1.48. The summed E-state index contributed by atoms with van der Waals surface area (Å²) in [7, 11) is 0. The molecule has 2 aliphatic rings. The van der Waals surface area contributed by atoms with Gasteiger partial charge in [0.1, 0.15) is 5.76 Å². The molecule has 0 unspecified atom stereocenters. The highest BCUT2D eigenvalue weighted by molar-refractivity contribution is 5.16. The lowest BCUT2D eigenvalue weighted by molar-refractivity contribution is 0.00926. The standard InChI is InChI=1S/C14H18N4O2/c15-14(8-13(9-14)4-1-2-5-13)12-17-11(18-20-12)7-10-3-6-16-19-10/h3,6H,1-2,4-5,7-9,15H2. The summed E-state index contributed by atoms with van der Waals surface area (Å²) in [6.07, 6.45) is 9.30. The van der Waals surface area contributed by atoms with E-state index in [0.717, 1.165) is 18.6 Å². The average Bonchev–Trinajstić information content (AvgIpc) is 3.09. The second-order valence-electron chi connectivity index (χ2n) is 6.39. The molecule has 2 aromatic rings. The molecule has 0 saturated heterocycles. The van der Waals surface area contributed by atoms with Crippen molar-refractivity contribution in [3.05, 3.63) is 29.7 Å². The van der Waals surface area contributed by atoms with Gasteiger partial charge in [0.15, 0.2) is 5.82 Å². The first-order valence-corrected chi connectivity index (χ1v) is 7.19. The van der Waals surface area contributed by atoms with E-state index < -0.39 is 5.54 Å². The molecule has 2 N–H and O–H groups in total. The Morgan fingerprint density at radius 1 is 1.20 bits per heavy atom. The molecule has 2 aromatic heterocycles. The van der Waals surface area contributed by atoms with Gasteiger partial charge in [0, 0.05) is 6.07 Å². The summed E-state index contributed by atoms with van der Waals surface area (Å²) in [6.45, 7) is 0. The number of rotatable bonds is 3. The Morgan fingerprint density at radius 3 is 2.70 bits per heavy atom. The van der Waals surface area contributed by atoms with Crippen LogP contribution >= 0.6 is 0 Å². The van der Waals surface area contributed by atoms with Crippen LogP contribution in [0.4, 0.5) is 0 Å². The second kappa shape index (κ2) is 4.15. The van der Waals surface area contributed by atoms with Gasteiger partial charge in [-0.3, -0.25) is 0 Å². The predicted molar refractivity (Wildman–Crippen MR) is 69.6 cm³/mol. The SMILES string of the molecule is NC1(c2nc(Cc3ccno3)no2)CC2(CCCC2)C1. The molecule has 2 fully saturated rings. The third kappa shape index (κ3) is 1.86. The first kappa shape index (κ1) is 12.1. The first-order chi connectivity index (χ1) is 9.68. The zero-order valence-corrected chi connectivity index (χ0v) is 11.3. The van der Waals surface area contributed by atoms with Gasteiger partial charge in [-0.05, 0) is 31.1 Å². The highest BCUT2D eigenvalue weighted by Gasteiger charge is 2.56. The van der Waals surface area contributed by atoms with Crippen LogP contribution < -0.4 is 5.73 Å². The van der Waals surface area contributed by atoms with Crippen molar-refractivity contribution in [3.63, 3.8) is 0 Å². The van der Waals surface area contributed by atoms with Crippen molar-refractivity contribution in [1.29, 1.82) is 0 Å². The topological polar surface area (TPSA) is 91.0 Å². The van der Waals surface area contributed by atoms with Crippen molar-refractivity contribution >= 4 is 0 Å². The van der Waals surface area contributed by atoms with Crippen molar-refractivity contribution in [2.24, 2.45) is 11.1 Å². The van der Waals surface area contributed by atoms with Crippen LogP contribution in [0.5, 0.6) is 0 Å². The van der Waals surface area contributed by atoms with Gasteiger partial charge in [-0.2, -0.15) is 4.98 Å². The lowest BCUT2D eigenvalue weighted by Crippen LogP contribution is -2.54. The molecule has 1 spiro atoms. The maximum absolute atomic E-state index is 6.43. The Morgan fingerprint density at radius 2 is 2.00 bits per heavy atom. The van der Waals surface area contributed by atoms with Crippen LogP contribution in [0.2, 0.25) is 0 Å². The van der Waals surface area contributed by atoms with E-state index in [1.165, 1.54) is 25.7 Å². The maximum atomic E-state index is 6.43. The zero-order chi connectivity index (χ0) is 13.6. The molecule has 6 heteroatoms. The summed E-state index contributed by atoms with van der Waals surface area (Å²) < 4.78 is 10.4. The van der Waals surface area contributed by atoms with Gasteiger partial charge in [0.2, 0.25) is 5.89 Å².